The van der Waals surface area contributed by atoms with Crippen LogP contribution in [0.25, 0.3) is 0 Å². The highest BCUT2D eigenvalue weighted by Crippen LogP contribution is 2.33. The molecule has 0 aliphatic rings. The highest BCUT2D eigenvalue weighted by molar-refractivity contribution is 5.84. The Morgan fingerprint density at radius 3 is 2.36 bits per heavy atom. The molecule has 0 heterocycles. The van der Waals surface area contributed by atoms with Gasteiger partial charge in [-0.25, -0.2) is 0 Å². The number of rotatable bonds is 9. The van der Waals surface area contributed by atoms with Gasteiger partial charge in [0.25, 0.3) is 0 Å². The van der Waals surface area contributed by atoms with Crippen LogP contribution in [0.4, 0.5) is 0 Å². The molecule has 0 fully saturated rings. The standard InChI is InChI=1S/C18H29NO3/c1-6-7-8-11-19-18(20)17(13(2)3)14-9-10-15(21-4)16(12-14)22-5/h9-10,12-13,17H,6-8,11H2,1-5H3,(H,19,20). The maximum absolute atomic E-state index is 12.5. The second-order valence-electron chi connectivity index (χ2n) is 5.83. The minimum Gasteiger partial charge on any atom is -0.493 e. The van der Waals surface area contributed by atoms with Crippen LogP contribution in [-0.4, -0.2) is 26.7 Å². The van der Waals surface area contributed by atoms with Gasteiger partial charge in [-0.05, 0) is 30.0 Å². The van der Waals surface area contributed by atoms with Crippen molar-refractivity contribution in [3.8, 4) is 11.5 Å². The number of carbonyl (C=O) groups is 1. The number of ether oxygens (including phenoxy) is 2. The molecule has 124 valence electrons. The summed E-state index contributed by atoms with van der Waals surface area (Å²) in [4.78, 5) is 12.5. The predicted octanol–water partition coefficient (Wildman–Crippen LogP) is 3.75. The molecule has 1 unspecified atom stereocenters. The highest BCUT2D eigenvalue weighted by Gasteiger charge is 2.25. The largest absolute Gasteiger partial charge is 0.493 e. The molecule has 4 heteroatoms. The SMILES string of the molecule is CCCCCNC(=O)C(c1ccc(OC)c(OC)c1)C(C)C. The average Bonchev–Trinajstić information content (AvgIpc) is 2.51. The van der Waals surface area contributed by atoms with E-state index in [2.05, 4.69) is 26.1 Å². The molecule has 0 aromatic heterocycles. The summed E-state index contributed by atoms with van der Waals surface area (Å²) in [6.07, 6.45) is 3.32. The first kappa shape index (κ1) is 18.3. The van der Waals surface area contributed by atoms with E-state index in [4.69, 9.17) is 9.47 Å². The fourth-order valence-electron chi connectivity index (χ4n) is 2.58. The van der Waals surface area contributed by atoms with Crippen LogP contribution >= 0.6 is 0 Å². The molecule has 22 heavy (non-hydrogen) atoms. The lowest BCUT2D eigenvalue weighted by atomic mass is 9.87. The molecule has 0 spiro atoms. The van der Waals surface area contributed by atoms with Crippen LogP contribution in [-0.2, 0) is 4.79 Å². The van der Waals surface area contributed by atoms with Crippen LogP contribution in [0, 0.1) is 5.92 Å². The Morgan fingerprint density at radius 2 is 1.82 bits per heavy atom. The number of carbonyl (C=O) groups excluding carboxylic acids is 1. The van der Waals surface area contributed by atoms with E-state index < -0.39 is 0 Å². The maximum atomic E-state index is 12.5. The summed E-state index contributed by atoms with van der Waals surface area (Å²) in [5.74, 6) is 1.45. The van der Waals surface area contributed by atoms with Crippen molar-refractivity contribution in [3.05, 3.63) is 23.8 Å². The van der Waals surface area contributed by atoms with Crippen LogP contribution in [0.15, 0.2) is 18.2 Å². The van der Waals surface area contributed by atoms with Gasteiger partial charge in [-0.3, -0.25) is 4.79 Å². The van der Waals surface area contributed by atoms with Gasteiger partial charge in [-0.15, -0.1) is 0 Å². The van der Waals surface area contributed by atoms with Crippen LogP contribution in [0.1, 0.15) is 51.5 Å². The lowest BCUT2D eigenvalue weighted by Gasteiger charge is -2.22. The van der Waals surface area contributed by atoms with Crippen LogP contribution in [0.3, 0.4) is 0 Å². The van der Waals surface area contributed by atoms with Crippen molar-refractivity contribution in [3.63, 3.8) is 0 Å². The van der Waals surface area contributed by atoms with Crippen molar-refractivity contribution in [2.24, 2.45) is 5.92 Å². The Labute approximate surface area is 134 Å². The quantitative estimate of drug-likeness (QED) is 0.707. The maximum Gasteiger partial charge on any atom is 0.227 e. The summed E-state index contributed by atoms with van der Waals surface area (Å²) < 4.78 is 10.6. The van der Waals surface area contributed by atoms with E-state index in [0.717, 1.165) is 31.4 Å². The van der Waals surface area contributed by atoms with E-state index in [0.29, 0.717) is 11.5 Å². The van der Waals surface area contributed by atoms with Gasteiger partial charge in [0, 0.05) is 6.54 Å². The molecule has 1 rings (SSSR count). The van der Waals surface area contributed by atoms with Gasteiger partial charge in [-0.1, -0.05) is 39.7 Å². The molecule has 0 saturated carbocycles. The number of nitrogens with one attached hydrogen (secondary N) is 1. The molecule has 1 aromatic carbocycles. The minimum atomic E-state index is -0.179. The van der Waals surface area contributed by atoms with E-state index in [1.165, 1.54) is 0 Å². The zero-order valence-corrected chi connectivity index (χ0v) is 14.4. The van der Waals surface area contributed by atoms with Gasteiger partial charge < -0.3 is 14.8 Å². The predicted molar refractivity (Wildman–Crippen MR) is 89.7 cm³/mol. The number of hydrogen-bond donors (Lipinski definition) is 1. The number of methoxy groups -OCH3 is 2. The molecule has 0 aliphatic carbocycles. The summed E-state index contributed by atoms with van der Waals surface area (Å²) in [7, 11) is 3.22. The van der Waals surface area contributed by atoms with E-state index in [-0.39, 0.29) is 17.7 Å². The smallest absolute Gasteiger partial charge is 0.227 e. The van der Waals surface area contributed by atoms with E-state index in [1.807, 2.05) is 18.2 Å². The molecule has 1 N–H and O–H groups in total. The third-order valence-corrected chi connectivity index (χ3v) is 3.80. The van der Waals surface area contributed by atoms with Gasteiger partial charge in [0.05, 0.1) is 20.1 Å². The Hall–Kier alpha value is -1.71. The molecular weight excluding hydrogens is 278 g/mol. The third kappa shape index (κ3) is 4.93. The van der Waals surface area contributed by atoms with Gasteiger partial charge in [0.15, 0.2) is 11.5 Å². The fourth-order valence-corrected chi connectivity index (χ4v) is 2.58. The van der Waals surface area contributed by atoms with Crippen LogP contribution in [0.2, 0.25) is 0 Å². The van der Waals surface area contributed by atoms with Crippen molar-refractivity contribution in [1.29, 1.82) is 0 Å². The number of unbranched alkanes of at least 4 members (excludes halogenated alkanes) is 2. The van der Waals surface area contributed by atoms with Gasteiger partial charge >= 0.3 is 0 Å². The Bertz CT molecular complexity index is 471. The monoisotopic (exact) mass is 307 g/mol. The molecule has 0 saturated heterocycles. The third-order valence-electron chi connectivity index (χ3n) is 3.80. The van der Waals surface area contributed by atoms with Crippen molar-refractivity contribution in [2.45, 2.75) is 46.0 Å². The highest BCUT2D eigenvalue weighted by atomic mass is 16.5. The van der Waals surface area contributed by atoms with Crippen LogP contribution in [0.5, 0.6) is 11.5 Å². The topological polar surface area (TPSA) is 47.6 Å². The van der Waals surface area contributed by atoms with E-state index in [9.17, 15) is 4.79 Å². The normalized spacial score (nSPS) is 12.1. The molecule has 1 aromatic rings. The lowest BCUT2D eigenvalue weighted by molar-refractivity contribution is -0.123. The van der Waals surface area contributed by atoms with Crippen molar-refractivity contribution < 1.29 is 14.3 Å². The molecule has 0 radical (unpaired) electrons. The molecule has 0 bridgehead atoms. The lowest BCUT2D eigenvalue weighted by Crippen LogP contribution is -2.32. The number of amides is 1. The van der Waals surface area contributed by atoms with Gasteiger partial charge in [0.2, 0.25) is 5.91 Å². The first-order valence-corrected chi connectivity index (χ1v) is 8.04. The molecule has 1 amide bonds. The van der Waals surface area contributed by atoms with Crippen molar-refractivity contribution >= 4 is 5.91 Å². The summed E-state index contributed by atoms with van der Waals surface area (Å²) in [6, 6.07) is 5.70. The zero-order valence-electron chi connectivity index (χ0n) is 14.4. The second-order valence-corrected chi connectivity index (χ2v) is 5.83. The second kappa shape index (κ2) is 9.34. The first-order chi connectivity index (χ1) is 10.5. The van der Waals surface area contributed by atoms with Gasteiger partial charge in [0.1, 0.15) is 0 Å². The van der Waals surface area contributed by atoms with Crippen molar-refractivity contribution in [1.82, 2.24) is 5.32 Å². The van der Waals surface area contributed by atoms with Gasteiger partial charge in [-0.2, -0.15) is 0 Å². The average molecular weight is 307 g/mol. The van der Waals surface area contributed by atoms with Crippen LogP contribution < -0.4 is 14.8 Å². The molecule has 0 aliphatic heterocycles. The summed E-state index contributed by atoms with van der Waals surface area (Å²) >= 11 is 0. The Balaban J connectivity index is 2.88. The minimum absolute atomic E-state index is 0.0818. The molecular formula is C18H29NO3. The number of hydrogen-bond acceptors (Lipinski definition) is 3. The molecule has 1 atom stereocenters. The summed E-state index contributed by atoms with van der Waals surface area (Å²) in [6.45, 7) is 7.02. The first-order valence-electron chi connectivity index (χ1n) is 8.04. The van der Waals surface area contributed by atoms with E-state index in [1.54, 1.807) is 14.2 Å². The number of benzene rings is 1. The Kier molecular flexibility index (Phi) is 7.78. The summed E-state index contributed by atoms with van der Waals surface area (Å²) in [5, 5.41) is 3.05. The van der Waals surface area contributed by atoms with E-state index >= 15 is 0 Å². The zero-order chi connectivity index (χ0) is 16.5. The Morgan fingerprint density at radius 1 is 1.14 bits per heavy atom. The summed E-state index contributed by atoms with van der Waals surface area (Å²) in [5.41, 5.74) is 0.959. The van der Waals surface area contributed by atoms with Crippen molar-refractivity contribution in [2.75, 3.05) is 20.8 Å². The molecule has 4 nitrogen and oxygen atoms in total. The fraction of sp³-hybridized carbons (Fsp3) is 0.611.